The molecule has 2 rings (SSSR count). The van der Waals surface area contributed by atoms with Crippen LogP contribution in [-0.2, 0) is 4.79 Å². The van der Waals surface area contributed by atoms with E-state index in [0.717, 1.165) is 5.69 Å². The maximum atomic E-state index is 12.1. The molecule has 1 heterocycles. The van der Waals surface area contributed by atoms with Crippen LogP contribution in [0.3, 0.4) is 0 Å². The first kappa shape index (κ1) is 15.8. The Morgan fingerprint density at radius 3 is 2.50 bits per heavy atom. The minimum absolute atomic E-state index is 0.170. The number of benzene rings is 1. The molecule has 0 aliphatic heterocycles. The molecule has 116 valence electrons. The molecule has 1 aromatic carbocycles. The van der Waals surface area contributed by atoms with Gasteiger partial charge in [0.15, 0.2) is 5.69 Å². The summed E-state index contributed by atoms with van der Waals surface area (Å²) in [7, 11) is 0. The normalized spacial score (nSPS) is 12.1. The summed E-state index contributed by atoms with van der Waals surface area (Å²) in [6.07, 6.45) is 2.04. The van der Waals surface area contributed by atoms with Crippen LogP contribution < -0.4 is 5.32 Å². The van der Waals surface area contributed by atoms with Gasteiger partial charge in [-0.05, 0) is 30.5 Å². The van der Waals surface area contributed by atoms with Crippen LogP contribution in [0.4, 0.5) is 0 Å². The Bertz CT molecular complexity index is 650. The molecule has 1 aromatic heterocycles. The van der Waals surface area contributed by atoms with Crippen molar-refractivity contribution < 1.29 is 14.7 Å². The molecule has 22 heavy (non-hydrogen) atoms. The smallest absolute Gasteiger partial charge is 0.326 e. The SMILES string of the molecule is CC(C)C[C@H](NC(=O)c1ccn(-c2ccccc2)n1)C(=O)O. The van der Waals surface area contributed by atoms with E-state index in [1.54, 1.807) is 16.9 Å². The van der Waals surface area contributed by atoms with Crippen molar-refractivity contribution in [3.63, 3.8) is 0 Å². The number of aliphatic carboxylic acids is 1. The average Bonchev–Trinajstić information content (AvgIpc) is 2.96. The number of hydrogen-bond acceptors (Lipinski definition) is 3. The van der Waals surface area contributed by atoms with E-state index in [2.05, 4.69) is 10.4 Å². The predicted octanol–water partition coefficient (Wildman–Crippen LogP) is 2.10. The van der Waals surface area contributed by atoms with Gasteiger partial charge in [0.1, 0.15) is 6.04 Å². The summed E-state index contributed by atoms with van der Waals surface area (Å²) in [5, 5.41) is 15.9. The monoisotopic (exact) mass is 301 g/mol. The summed E-state index contributed by atoms with van der Waals surface area (Å²) in [5.74, 6) is -1.35. The Morgan fingerprint density at radius 2 is 1.91 bits per heavy atom. The maximum absolute atomic E-state index is 12.1. The molecule has 0 aliphatic carbocycles. The van der Waals surface area contributed by atoms with Crippen molar-refractivity contribution in [2.24, 2.45) is 5.92 Å². The van der Waals surface area contributed by atoms with Gasteiger partial charge in [0.2, 0.25) is 0 Å². The lowest BCUT2D eigenvalue weighted by atomic mass is 10.0. The number of rotatable bonds is 6. The second kappa shape index (κ2) is 6.89. The lowest BCUT2D eigenvalue weighted by Crippen LogP contribution is -2.41. The van der Waals surface area contributed by atoms with Crippen LogP contribution in [0, 0.1) is 5.92 Å². The van der Waals surface area contributed by atoms with E-state index in [-0.39, 0.29) is 11.6 Å². The van der Waals surface area contributed by atoms with Gasteiger partial charge in [0, 0.05) is 6.20 Å². The summed E-state index contributed by atoms with van der Waals surface area (Å²) in [6, 6.07) is 10.0. The molecule has 2 N–H and O–H groups in total. The lowest BCUT2D eigenvalue weighted by molar-refractivity contribution is -0.139. The average molecular weight is 301 g/mol. The molecule has 0 unspecified atom stereocenters. The van der Waals surface area contributed by atoms with E-state index >= 15 is 0 Å². The Balaban J connectivity index is 2.10. The third-order valence-corrected chi connectivity index (χ3v) is 3.15. The van der Waals surface area contributed by atoms with Crippen molar-refractivity contribution in [2.45, 2.75) is 26.3 Å². The van der Waals surface area contributed by atoms with Crippen LogP contribution in [0.2, 0.25) is 0 Å². The fraction of sp³-hybridized carbons (Fsp3) is 0.312. The zero-order valence-corrected chi connectivity index (χ0v) is 12.6. The first-order valence-electron chi connectivity index (χ1n) is 7.12. The number of nitrogens with zero attached hydrogens (tertiary/aromatic N) is 2. The molecule has 6 nitrogen and oxygen atoms in total. The Hall–Kier alpha value is -2.63. The van der Waals surface area contributed by atoms with E-state index in [9.17, 15) is 9.59 Å². The third kappa shape index (κ3) is 3.94. The molecule has 2 aromatic rings. The Morgan fingerprint density at radius 1 is 1.23 bits per heavy atom. The zero-order valence-electron chi connectivity index (χ0n) is 12.6. The second-order valence-corrected chi connectivity index (χ2v) is 5.47. The quantitative estimate of drug-likeness (QED) is 0.855. The van der Waals surface area contributed by atoms with Crippen LogP contribution >= 0.6 is 0 Å². The molecule has 0 bridgehead atoms. The van der Waals surface area contributed by atoms with Gasteiger partial charge in [-0.25, -0.2) is 9.48 Å². The number of carbonyl (C=O) groups excluding carboxylic acids is 1. The molecular weight excluding hydrogens is 282 g/mol. The summed E-state index contributed by atoms with van der Waals surface area (Å²) < 4.78 is 1.58. The van der Waals surface area contributed by atoms with Gasteiger partial charge in [-0.3, -0.25) is 4.79 Å². The van der Waals surface area contributed by atoms with Crippen molar-refractivity contribution in [1.82, 2.24) is 15.1 Å². The van der Waals surface area contributed by atoms with Gasteiger partial charge < -0.3 is 10.4 Å². The summed E-state index contributed by atoms with van der Waals surface area (Å²) in [4.78, 5) is 23.3. The van der Waals surface area contributed by atoms with Crippen molar-refractivity contribution >= 4 is 11.9 Å². The molecule has 0 radical (unpaired) electrons. The zero-order chi connectivity index (χ0) is 16.1. The highest BCUT2D eigenvalue weighted by atomic mass is 16.4. The molecule has 0 aliphatic rings. The van der Waals surface area contributed by atoms with Crippen LogP contribution in [0.1, 0.15) is 30.8 Å². The fourth-order valence-electron chi connectivity index (χ4n) is 2.09. The number of para-hydroxylation sites is 1. The molecular formula is C16H19N3O3. The van der Waals surface area contributed by atoms with Crippen LogP contribution in [-0.4, -0.2) is 32.8 Å². The Kier molecular flexibility index (Phi) is 4.93. The first-order valence-corrected chi connectivity index (χ1v) is 7.12. The van der Waals surface area contributed by atoms with E-state index in [1.165, 1.54) is 0 Å². The largest absolute Gasteiger partial charge is 0.480 e. The number of nitrogens with one attached hydrogen (secondary N) is 1. The highest BCUT2D eigenvalue weighted by Gasteiger charge is 2.22. The van der Waals surface area contributed by atoms with Gasteiger partial charge in [0.05, 0.1) is 5.69 Å². The van der Waals surface area contributed by atoms with Gasteiger partial charge in [-0.2, -0.15) is 5.10 Å². The van der Waals surface area contributed by atoms with Gasteiger partial charge >= 0.3 is 5.97 Å². The lowest BCUT2D eigenvalue weighted by Gasteiger charge is -2.15. The number of hydrogen-bond donors (Lipinski definition) is 2. The summed E-state index contributed by atoms with van der Waals surface area (Å²) in [5.41, 5.74) is 1.03. The van der Waals surface area contributed by atoms with Gasteiger partial charge in [-0.15, -0.1) is 0 Å². The maximum Gasteiger partial charge on any atom is 0.326 e. The third-order valence-electron chi connectivity index (χ3n) is 3.15. The molecule has 6 heteroatoms. The number of carboxylic acid groups (broad SMARTS) is 1. The Labute approximate surface area is 128 Å². The topological polar surface area (TPSA) is 84.2 Å². The minimum Gasteiger partial charge on any atom is -0.480 e. The number of aromatic nitrogens is 2. The standard InChI is InChI=1S/C16H19N3O3/c1-11(2)10-14(16(21)22)17-15(20)13-8-9-19(18-13)12-6-4-3-5-7-12/h3-9,11,14H,10H2,1-2H3,(H,17,20)(H,21,22)/t14-/m0/s1. The summed E-state index contributed by atoms with van der Waals surface area (Å²) in [6.45, 7) is 3.82. The summed E-state index contributed by atoms with van der Waals surface area (Å²) >= 11 is 0. The molecule has 0 saturated carbocycles. The van der Waals surface area contributed by atoms with E-state index in [1.807, 2.05) is 44.2 Å². The number of carboxylic acids is 1. The van der Waals surface area contributed by atoms with Crippen molar-refractivity contribution in [3.8, 4) is 5.69 Å². The van der Waals surface area contributed by atoms with E-state index in [0.29, 0.717) is 6.42 Å². The highest BCUT2D eigenvalue weighted by molar-refractivity contribution is 5.94. The molecule has 0 spiro atoms. The number of amides is 1. The van der Waals surface area contributed by atoms with Crippen LogP contribution in [0.25, 0.3) is 5.69 Å². The van der Waals surface area contributed by atoms with E-state index in [4.69, 9.17) is 5.11 Å². The molecule has 1 atom stereocenters. The van der Waals surface area contributed by atoms with Crippen molar-refractivity contribution in [2.75, 3.05) is 0 Å². The molecule has 0 fully saturated rings. The van der Waals surface area contributed by atoms with Gasteiger partial charge in [0.25, 0.3) is 5.91 Å². The van der Waals surface area contributed by atoms with Gasteiger partial charge in [-0.1, -0.05) is 32.0 Å². The highest BCUT2D eigenvalue weighted by Crippen LogP contribution is 2.09. The van der Waals surface area contributed by atoms with Crippen LogP contribution in [0.5, 0.6) is 0 Å². The molecule has 0 saturated heterocycles. The predicted molar refractivity (Wildman–Crippen MR) is 81.9 cm³/mol. The molecule has 1 amide bonds. The van der Waals surface area contributed by atoms with Crippen molar-refractivity contribution in [3.05, 3.63) is 48.3 Å². The van der Waals surface area contributed by atoms with Crippen molar-refractivity contribution in [1.29, 1.82) is 0 Å². The first-order chi connectivity index (χ1) is 10.5. The minimum atomic E-state index is -1.04. The number of carbonyl (C=O) groups is 2. The van der Waals surface area contributed by atoms with E-state index < -0.39 is 17.9 Å². The van der Waals surface area contributed by atoms with Crippen LogP contribution in [0.15, 0.2) is 42.6 Å². The second-order valence-electron chi connectivity index (χ2n) is 5.47. The fourth-order valence-corrected chi connectivity index (χ4v) is 2.09.